The number of carbonyl (C=O) groups is 2. The Morgan fingerprint density at radius 1 is 1.38 bits per heavy atom. The number of nitrogens with one attached hydrogen (secondary N) is 1. The molecule has 1 amide bonds. The lowest BCUT2D eigenvalue weighted by Gasteiger charge is -2.30. The Morgan fingerprint density at radius 3 is 2.62 bits per heavy atom. The van der Waals surface area contributed by atoms with Crippen molar-refractivity contribution in [2.24, 2.45) is 0 Å². The summed E-state index contributed by atoms with van der Waals surface area (Å²) in [7, 11) is 0. The lowest BCUT2D eigenvalue weighted by molar-refractivity contribution is 0.0222. The Hall–Kier alpha value is -2.31. The van der Waals surface area contributed by atoms with Crippen LogP contribution in [0.25, 0.3) is 0 Å². The van der Waals surface area contributed by atoms with Crippen LogP contribution in [0.5, 0.6) is 0 Å². The van der Waals surface area contributed by atoms with Crippen LogP contribution in [-0.4, -0.2) is 39.2 Å². The van der Waals surface area contributed by atoms with Crippen molar-refractivity contribution in [3.8, 4) is 0 Å². The van der Waals surface area contributed by atoms with E-state index in [1.165, 1.54) is 11.1 Å². The first-order chi connectivity index (χ1) is 9.69. The van der Waals surface area contributed by atoms with Crippen LogP contribution in [0.3, 0.4) is 0 Å². The molecule has 21 heavy (non-hydrogen) atoms. The molecule has 114 valence electrons. The zero-order chi connectivity index (χ0) is 15.8. The van der Waals surface area contributed by atoms with Gasteiger partial charge in [-0.2, -0.15) is 0 Å². The van der Waals surface area contributed by atoms with Crippen molar-refractivity contribution >= 4 is 12.1 Å². The summed E-state index contributed by atoms with van der Waals surface area (Å²) in [4.78, 5) is 39.4. The number of aromatic carboxylic acids is 1. The average Bonchev–Trinajstić information content (AvgIpc) is 2.36. The van der Waals surface area contributed by atoms with Gasteiger partial charge in [0.15, 0.2) is 0 Å². The highest BCUT2D eigenvalue weighted by Gasteiger charge is 2.28. The van der Waals surface area contributed by atoms with Gasteiger partial charge in [-0.1, -0.05) is 0 Å². The summed E-state index contributed by atoms with van der Waals surface area (Å²) >= 11 is 0. The summed E-state index contributed by atoms with van der Waals surface area (Å²) in [5.41, 5.74) is -0.506. The van der Waals surface area contributed by atoms with Gasteiger partial charge >= 0.3 is 12.1 Å². The molecule has 0 atom stereocenters. The maximum Gasteiger partial charge on any atom is 0.410 e. The van der Waals surface area contributed by atoms with Crippen LogP contribution in [0.2, 0.25) is 0 Å². The van der Waals surface area contributed by atoms with E-state index in [9.17, 15) is 14.4 Å². The molecule has 0 radical (unpaired) electrons. The van der Waals surface area contributed by atoms with Crippen molar-refractivity contribution in [2.45, 2.75) is 39.3 Å². The number of H-pyrrole nitrogens is 1. The van der Waals surface area contributed by atoms with Gasteiger partial charge in [0.25, 0.3) is 0 Å². The van der Waals surface area contributed by atoms with Crippen molar-refractivity contribution in [1.82, 2.24) is 9.88 Å². The fraction of sp³-hybridized carbons (Fsp3) is 0.500. The SMILES string of the molecule is CC(C)(C)OC(=O)N1CCc2[nH]cc(C(=O)O)c(=O)c2C1. The number of carboxylic acids is 1. The number of amides is 1. The number of hydrogen-bond acceptors (Lipinski definition) is 4. The first-order valence-electron chi connectivity index (χ1n) is 6.63. The van der Waals surface area contributed by atoms with Gasteiger partial charge in [-0.15, -0.1) is 0 Å². The molecule has 0 aliphatic carbocycles. The van der Waals surface area contributed by atoms with E-state index in [4.69, 9.17) is 9.84 Å². The first-order valence-corrected chi connectivity index (χ1v) is 6.63. The minimum absolute atomic E-state index is 0.0562. The normalized spacial score (nSPS) is 14.5. The standard InChI is InChI=1S/C14H18N2O5/c1-14(2,3)21-13(20)16-5-4-10-9(7-16)11(17)8(6-15-10)12(18)19/h6H,4-5,7H2,1-3H3,(H,15,17)(H,18,19). The topological polar surface area (TPSA) is 99.7 Å². The van der Waals surface area contributed by atoms with Gasteiger partial charge in [-0.05, 0) is 20.8 Å². The van der Waals surface area contributed by atoms with E-state index in [1.54, 1.807) is 20.8 Å². The summed E-state index contributed by atoms with van der Waals surface area (Å²) in [6.45, 7) is 5.76. The molecular weight excluding hydrogens is 276 g/mol. The van der Waals surface area contributed by atoms with Crippen molar-refractivity contribution < 1.29 is 19.4 Å². The molecule has 1 aromatic rings. The number of fused-ring (bicyclic) bond motifs is 1. The molecule has 7 nitrogen and oxygen atoms in total. The molecule has 2 N–H and O–H groups in total. The predicted molar refractivity (Wildman–Crippen MR) is 74.4 cm³/mol. The summed E-state index contributed by atoms with van der Waals surface area (Å²) < 4.78 is 5.27. The predicted octanol–water partition coefficient (Wildman–Crippen LogP) is 1.37. The molecule has 2 rings (SSSR count). The van der Waals surface area contributed by atoms with Gasteiger partial charge in [0.1, 0.15) is 11.2 Å². The lowest BCUT2D eigenvalue weighted by atomic mass is 10.0. The fourth-order valence-electron chi connectivity index (χ4n) is 2.16. The van der Waals surface area contributed by atoms with Crippen LogP contribution in [0, 0.1) is 0 Å². The van der Waals surface area contributed by atoms with Crippen LogP contribution in [0.1, 0.15) is 42.4 Å². The van der Waals surface area contributed by atoms with Crippen molar-refractivity contribution in [1.29, 1.82) is 0 Å². The molecule has 0 fully saturated rings. The number of carboxylic acid groups (broad SMARTS) is 1. The van der Waals surface area contributed by atoms with Gasteiger partial charge in [-0.3, -0.25) is 4.79 Å². The summed E-state index contributed by atoms with van der Waals surface area (Å²) in [5.74, 6) is -1.28. The van der Waals surface area contributed by atoms with Gasteiger partial charge in [0.2, 0.25) is 5.43 Å². The number of rotatable bonds is 1. The molecule has 1 aliphatic rings. The Balaban J connectivity index is 2.27. The molecule has 0 saturated heterocycles. The molecule has 0 unspecified atom stereocenters. The maximum atomic E-state index is 12.1. The highest BCUT2D eigenvalue weighted by Crippen LogP contribution is 2.17. The Morgan fingerprint density at radius 2 is 2.05 bits per heavy atom. The van der Waals surface area contributed by atoms with Crippen LogP contribution < -0.4 is 5.43 Å². The van der Waals surface area contributed by atoms with Crippen LogP contribution in [-0.2, 0) is 17.7 Å². The zero-order valence-electron chi connectivity index (χ0n) is 12.2. The van der Waals surface area contributed by atoms with Crippen molar-refractivity contribution in [3.05, 3.63) is 33.2 Å². The third-order valence-corrected chi connectivity index (χ3v) is 3.14. The molecule has 1 aromatic heterocycles. The van der Waals surface area contributed by atoms with E-state index in [-0.39, 0.29) is 12.1 Å². The van der Waals surface area contributed by atoms with Crippen LogP contribution in [0.15, 0.2) is 11.0 Å². The lowest BCUT2D eigenvalue weighted by Crippen LogP contribution is -2.42. The Labute approximate surface area is 121 Å². The second-order valence-electron chi connectivity index (χ2n) is 5.95. The molecule has 0 aromatic carbocycles. The number of hydrogen-bond donors (Lipinski definition) is 2. The van der Waals surface area contributed by atoms with Crippen LogP contribution in [0.4, 0.5) is 4.79 Å². The van der Waals surface area contributed by atoms with Crippen molar-refractivity contribution in [3.63, 3.8) is 0 Å². The number of pyridine rings is 1. The van der Waals surface area contributed by atoms with Gasteiger partial charge in [0, 0.05) is 30.4 Å². The fourth-order valence-corrected chi connectivity index (χ4v) is 2.16. The molecule has 7 heteroatoms. The third-order valence-electron chi connectivity index (χ3n) is 3.14. The van der Waals surface area contributed by atoms with Gasteiger partial charge < -0.3 is 19.7 Å². The van der Waals surface area contributed by atoms with E-state index in [1.807, 2.05) is 0 Å². The maximum absolute atomic E-state index is 12.1. The first kappa shape index (κ1) is 15.1. The van der Waals surface area contributed by atoms with E-state index < -0.39 is 23.1 Å². The molecule has 0 bridgehead atoms. The van der Waals surface area contributed by atoms with Gasteiger partial charge in [0.05, 0.1) is 6.54 Å². The van der Waals surface area contributed by atoms with Crippen LogP contribution >= 0.6 is 0 Å². The highest BCUT2D eigenvalue weighted by molar-refractivity contribution is 5.87. The molecule has 0 spiro atoms. The number of ether oxygens (including phenoxy) is 1. The number of aromatic nitrogens is 1. The number of aromatic amines is 1. The molecule has 1 aliphatic heterocycles. The van der Waals surface area contributed by atoms with E-state index in [0.29, 0.717) is 24.2 Å². The Bertz CT molecular complexity index is 642. The molecule has 0 saturated carbocycles. The van der Waals surface area contributed by atoms with Gasteiger partial charge in [-0.25, -0.2) is 9.59 Å². The quantitative estimate of drug-likeness (QED) is 0.814. The smallest absolute Gasteiger partial charge is 0.410 e. The van der Waals surface area contributed by atoms with E-state index in [2.05, 4.69) is 4.98 Å². The van der Waals surface area contributed by atoms with E-state index in [0.717, 1.165) is 0 Å². The summed E-state index contributed by atoms with van der Waals surface area (Å²) in [5, 5.41) is 8.97. The highest BCUT2D eigenvalue weighted by atomic mass is 16.6. The van der Waals surface area contributed by atoms with E-state index >= 15 is 0 Å². The molecule has 2 heterocycles. The number of carbonyl (C=O) groups excluding carboxylic acids is 1. The zero-order valence-corrected chi connectivity index (χ0v) is 12.2. The third kappa shape index (κ3) is 3.24. The summed E-state index contributed by atoms with van der Waals surface area (Å²) in [6, 6.07) is 0. The second kappa shape index (κ2) is 5.23. The second-order valence-corrected chi connectivity index (χ2v) is 5.95. The summed E-state index contributed by atoms with van der Waals surface area (Å²) in [6.07, 6.45) is 1.16. The minimum atomic E-state index is -1.28. The van der Waals surface area contributed by atoms with Crippen molar-refractivity contribution in [2.75, 3.05) is 6.54 Å². The number of nitrogens with zero attached hydrogens (tertiary/aromatic N) is 1. The minimum Gasteiger partial charge on any atom is -0.477 e. The average molecular weight is 294 g/mol. The monoisotopic (exact) mass is 294 g/mol. The Kier molecular flexibility index (Phi) is 3.76. The molecular formula is C14H18N2O5. The largest absolute Gasteiger partial charge is 0.477 e.